The predicted molar refractivity (Wildman–Crippen MR) is 71.9 cm³/mol. The van der Waals surface area contributed by atoms with E-state index in [1.54, 1.807) is 12.1 Å². The fourth-order valence-corrected chi connectivity index (χ4v) is 1.86. The van der Waals surface area contributed by atoms with Gasteiger partial charge in [-0.25, -0.2) is 0 Å². The SMILES string of the molecule is CCCCCC(=O)Nc1cc(Cl)ccc1Br. The lowest BCUT2D eigenvalue weighted by molar-refractivity contribution is -0.116. The van der Waals surface area contributed by atoms with Gasteiger partial charge in [0.2, 0.25) is 5.91 Å². The van der Waals surface area contributed by atoms with E-state index in [0.717, 1.165) is 29.4 Å². The van der Waals surface area contributed by atoms with Crippen molar-refractivity contribution >= 4 is 39.1 Å². The number of benzene rings is 1. The fourth-order valence-electron chi connectivity index (χ4n) is 1.34. The van der Waals surface area contributed by atoms with Crippen LogP contribution in [0.1, 0.15) is 32.6 Å². The molecule has 1 aromatic carbocycles. The van der Waals surface area contributed by atoms with E-state index in [-0.39, 0.29) is 5.91 Å². The van der Waals surface area contributed by atoms with Crippen molar-refractivity contribution < 1.29 is 4.79 Å². The van der Waals surface area contributed by atoms with Gasteiger partial charge in [-0.15, -0.1) is 0 Å². The summed E-state index contributed by atoms with van der Waals surface area (Å²) < 4.78 is 0.848. The minimum Gasteiger partial charge on any atom is -0.325 e. The molecule has 1 amide bonds. The molecular formula is C12H15BrClNO. The lowest BCUT2D eigenvalue weighted by Gasteiger charge is -2.07. The molecule has 4 heteroatoms. The molecule has 0 aliphatic carbocycles. The Bertz CT molecular complexity index is 368. The van der Waals surface area contributed by atoms with Gasteiger partial charge in [0.25, 0.3) is 0 Å². The molecule has 0 aliphatic heterocycles. The molecule has 16 heavy (non-hydrogen) atoms. The molecule has 0 heterocycles. The van der Waals surface area contributed by atoms with Gasteiger partial charge in [0.15, 0.2) is 0 Å². The topological polar surface area (TPSA) is 29.1 Å². The molecule has 88 valence electrons. The Morgan fingerprint density at radius 1 is 1.44 bits per heavy atom. The number of hydrogen-bond acceptors (Lipinski definition) is 1. The molecule has 0 unspecified atom stereocenters. The molecule has 0 radical (unpaired) electrons. The van der Waals surface area contributed by atoms with Crippen LogP contribution in [0.25, 0.3) is 0 Å². The normalized spacial score (nSPS) is 10.2. The molecule has 2 nitrogen and oxygen atoms in total. The Balaban J connectivity index is 2.52. The van der Waals surface area contributed by atoms with Crippen molar-refractivity contribution in [3.05, 3.63) is 27.7 Å². The summed E-state index contributed by atoms with van der Waals surface area (Å²) in [4.78, 5) is 11.6. The molecule has 1 N–H and O–H groups in total. The summed E-state index contributed by atoms with van der Waals surface area (Å²) in [7, 11) is 0. The van der Waals surface area contributed by atoms with Gasteiger partial charge in [-0.05, 0) is 40.5 Å². The van der Waals surface area contributed by atoms with E-state index < -0.39 is 0 Å². The summed E-state index contributed by atoms with van der Waals surface area (Å²) >= 11 is 9.22. The van der Waals surface area contributed by atoms with Gasteiger partial charge in [-0.3, -0.25) is 4.79 Å². The number of hydrogen-bond donors (Lipinski definition) is 1. The van der Waals surface area contributed by atoms with E-state index in [4.69, 9.17) is 11.6 Å². The van der Waals surface area contributed by atoms with Gasteiger partial charge >= 0.3 is 0 Å². The molecule has 0 fully saturated rings. The third-order valence-electron chi connectivity index (χ3n) is 2.21. The molecule has 0 bridgehead atoms. The molecule has 0 aliphatic rings. The predicted octanol–water partition coefficient (Wildman–Crippen LogP) is 4.62. The Morgan fingerprint density at radius 3 is 2.88 bits per heavy atom. The number of carbonyl (C=O) groups excluding carboxylic acids is 1. The lowest BCUT2D eigenvalue weighted by Crippen LogP contribution is -2.11. The van der Waals surface area contributed by atoms with E-state index in [1.807, 2.05) is 6.07 Å². The second-order valence-corrected chi connectivity index (χ2v) is 4.92. The van der Waals surface area contributed by atoms with Crippen molar-refractivity contribution in [2.75, 3.05) is 5.32 Å². The van der Waals surface area contributed by atoms with Crippen molar-refractivity contribution in [2.24, 2.45) is 0 Å². The molecule has 1 aromatic rings. The maximum Gasteiger partial charge on any atom is 0.224 e. The largest absolute Gasteiger partial charge is 0.325 e. The summed E-state index contributed by atoms with van der Waals surface area (Å²) in [6, 6.07) is 5.34. The van der Waals surface area contributed by atoms with Crippen LogP contribution in [0.15, 0.2) is 22.7 Å². The standard InChI is InChI=1S/C12H15BrClNO/c1-2-3-4-5-12(16)15-11-8-9(14)6-7-10(11)13/h6-8H,2-5H2,1H3,(H,15,16). The van der Waals surface area contributed by atoms with Crippen molar-refractivity contribution in [2.45, 2.75) is 32.6 Å². The second-order valence-electron chi connectivity index (χ2n) is 3.63. The number of nitrogens with one attached hydrogen (secondary N) is 1. The Morgan fingerprint density at radius 2 is 2.19 bits per heavy atom. The van der Waals surface area contributed by atoms with Gasteiger partial charge in [-0.1, -0.05) is 31.4 Å². The van der Waals surface area contributed by atoms with Crippen LogP contribution in [-0.2, 0) is 4.79 Å². The van der Waals surface area contributed by atoms with Crippen LogP contribution in [0.5, 0.6) is 0 Å². The first-order valence-electron chi connectivity index (χ1n) is 5.38. The molecular weight excluding hydrogens is 289 g/mol. The maximum atomic E-state index is 11.6. The van der Waals surface area contributed by atoms with Gasteiger partial charge in [-0.2, -0.15) is 0 Å². The maximum absolute atomic E-state index is 11.6. The third kappa shape index (κ3) is 4.54. The third-order valence-corrected chi connectivity index (χ3v) is 3.14. The molecule has 0 atom stereocenters. The van der Waals surface area contributed by atoms with Crippen LogP contribution in [0, 0.1) is 0 Å². The Labute approximate surface area is 110 Å². The zero-order valence-electron chi connectivity index (χ0n) is 9.22. The number of amides is 1. The van der Waals surface area contributed by atoms with Crippen molar-refractivity contribution in [1.82, 2.24) is 0 Å². The van der Waals surface area contributed by atoms with Crippen molar-refractivity contribution in [3.63, 3.8) is 0 Å². The summed E-state index contributed by atoms with van der Waals surface area (Å²) in [6.45, 7) is 2.12. The summed E-state index contributed by atoms with van der Waals surface area (Å²) in [5.41, 5.74) is 0.731. The minimum atomic E-state index is 0.0383. The van der Waals surface area contributed by atoms with E-state index in [9.17, 15) is 4.79 Å². The van der Waals surface area contributed by atoms with Crippen LogP contribution >= 0.6 is 27.5 Å². The lowest BCUT2D eigenvalue weighted by atomic mass is 10.2. The van der Waals surface area contributed by atoms with E-state index in [0.29, 0.717) is 11.4 Å². The number of rotatable bonds is 5. The first kappa shape index (κ1) is 13.5. The Kier molecular flexibility index (Phi) is 5.85. The van der Waals surface area contributed by atoms with Crippen LogP contribution in [-0.4, -0.2) is 5.91 Å². The van der Waals surface area contributed by atoms with E-state index in [2.05, 4.69) is 28.2 Å². The van der Waals surface area contributed by atoms with E-state index in [1.165, 1.54) is 0 Å². The van der Waals surface area contributed by atoms with Crippen LogP contribution in [0.2, 0.25) is 5.02 Å². The minimum absolute atomic E-state index is 0.0383. The van der Waals surface area contributed by atoms with Gasteiger partial charge in [0, 0.05) is 15.9 Å². The smallest absolute Gasteiger partial charge is 0.224 e. The highest BCUT2D eigenvalue weighted by Crippen LogP contribution is 2.26. The van der Waals surface area contributed by atoms with Crippen LogP contribution in [0.3, 0.4) is 0 Å². The molecule has 0 spiro atoms. The second kappa shape index (κ2) is 6.92. The van der Waals surface area contributed by atoms with E-state index >= 15 is 0 Å². The molecule has 0 aromatic heterocycles. The van der Waals surface area contributed by atoms with Gasteiger partial charge in [0.05, 0.1) is 5.69 Å². The fraction of sp³-hybridized carbons (Fsp3) is 0.417. The van der Waals surface area contributed by atoms with Crippen molar-refractivity contribution in [3.8, 4) is 0 Å². The summed E-state index contributed by atoms with van der Waals surface area (Å²) in [6.07, 6.45) is 3.70. The Hall–Kier alpha value is -0.540. The summed E-state index contributed by atoms with van der Waals surface area (Å²) in [5, 5.41) is 3.46. The monoisotopic (exact) mass is 303 g/mol. The highest BCUT2D eigenvalue weighted by atomic mass is 79.9. The quantitative estimate of drug-likeness (QED) is 0.790. The van der Waals surface area contributed by atoms with Crippen molar-refractivity contribution in [1.29, 1.82) is 0 Å². The average Bonchev–Trinajstić information content (AvgIpc) is 2.24. The summed E-state index contributed by atoms with van der Waals surface area (Å²) in [5.74, 6) is 0.0383. The molecule has 0 saturated heterocycles. The highest BCUT2D eigenvalue weighted by Gasteiger charge is 2.05. The average molecular weight is 305 g/mol. The van der Waals surface area contributed by atoms with Crippen LogP contribution in [0.4, 0.5) is 5.69 Å². The zero-order valence-corrected chi connectivity index (χ0v) is 11.6. The molecule has 1 rings (SSSR count). The highest BCUT2D eigenvalue weighted by molar-refractivity contribution is 9.10. The first-order valence-corrected chi connectivity index (χ1v) is 6.55. The number of halogens is 2. The van der Waals surface area contributed by atoms with Gasteiger partial charge < -0.3 is 5.32 Å². The first-order chi connectivity index (χ1) is 7.63. The number of anilines is 1. The van der Waals surface area contributed by atoms with Crippen LogP contribution < -0.4 is 5.32 Å². The zero-order chi connectivity index (χ0) is 12.0. The molecule has 0 saturated carbocycles. The number of carbonyl (C=O) groups is 1. The van der Waals surface area contributed by atoms with Gasteiger partial charge in [0.1, 0.15) is 0 Å². The number of unbranched alkanes of at least 4 members (excludes halogenated alkanes) is 2.